The second-order valence-electron chi connectivity index (χ2n) is 10.3. The van der Waals surface area contributed by atoms with Gasteiger partial charge in [0.15, 0.2) is 5.78 Å². The van der Waals surface area contributed by atoms with Crippen molar-refractivity contribution >= 4 is 11.6 Å². The Morgan fingerprint density at radius 3 is 2.33 bits per heavy atom. The van der Waals surface area contributed by atoms with Gasteiger partial charge < -0.3 is 0 Å². The number of Topliss-reactive ketones (excluding diaryl/α,β-unsaturated/α-hetero) is 2. The number of carbonyl (C=O) groups is 2. The van der Waals surface area contributed by atoms with Gasteiger partial charge in [0.05, 0.1) is 0 Å². The van der Waals surface area contributed by atoms with E-state index in [1.165, 1.54) is 0 Å². The van der Waals surface area contributed by atoms with E-state index in [9.17, 15) is 9.59 Å². The van der Waals surface area contributed by atoms with Gasteiger partial charge in [-0.15, -0.1) is 0 Å². The van der Waals surface area contributed by atoms with Crippen LogP contribution in [0.2, 0.25) is 0 Å². The lowest BCUT2D eigenvalue weighted by molar-refractivity contribution is -0.174. The topological polar surface area (TPSA) is 34.1 Å². The quantitative estimate of drug-likeness (QED) is 0.619. The maximum absolute atomic E-state index is 12.6. The second kappa shape index (κ2) is 4.62. The van der Waals surface area contributed by atoms with Crippen molar-refractivity contribution in [3.8, 4) is 0 Å². The molecule has 4 aliphatic rings. The normalized spacial score (nSPS) is 50.0. The Balaban J connectivity index is 1.82. The lowest BCUT2D eigenvalue weighted by Crippen LogP contribution is -2.61. The van der Waals surface area contributed by atoms with Gasteiger partial charge in [0, 0.05) is 23.7 Å². The first-order valence-electron chi connectivity index (χ1n) is 9.84. The van der Waals surface area contributed by atoms with E-state index in [4.69, 9.17) is 0 Å². The molecule has 0 unspecified atom stereocenters. The van der Waals surface area contributed by atoms with Crippen LogP contribution >= 0.6 is 0 Å². The number of allylic oxidation sites excluding steroid dienone is 2. The molecule has 0 aromatic heterocycles. The zero-order valence-electron chi connectivity index (χ0n) is 16.0. The number of hydrogen-bond acceptors (Lipinski definition) is 2. The molecular weight excluding hydrogens is 296 g/mol. The molecule has 0 aromatic rings. The summed E-state index contributed by atoms with van der Waals surface area (Å²) in [6.07, 6.45) is 9.15. The van der Waals surface area contributed by atoms with Crippen LogP contribution in [0.4, 0.5) is 0 Å². The average molecular weight is 328 g/mol. The largest absolute Gasteiger partial charge is 0.299 e. The Kier molecular flexibility index (Phi) is 3.19. The van der Waals surface area contributed by atoms with E-state index in [2.05, 4.69) is 40.7 Å². The van der Waals surface area contributed by atoms with Crippen LogP contribution in [0.3, 0.4) is 0 Å². The predicted octanol–water partition coefficient (Wildman–Crippen LogP) is 5.11. The van der Waals surface area contributed by atoms with Gasteiger partial charge in [-0.25, -0.2) is 0 Å². The molecule has 0 radical (unpaired) electrons. The lowest BCUT2D eigenvalue weighted by atomic mass is 9.37. The number of fused-ring (bicyclic) bond motifs is 5. The highest BCUT2D eigenvalue weighted by molar-refractivity contribution is 5.99. The van der Waals surface area contributed by atoms with Crippen LogP contribution in [0.15, 0.2) is 11.6 Å². The summed E-state index contributed by atoms with van der Waals surface area (Å²) in [7, 11) is 0. The van der Waals surface area contributed by atoms with Crippen molar-refractivity contribution < 1.29 is 9.59 Å². The van der Waals surface area contributed by atoms with Crippen molar-refractivity contribution in [2.24, 2.45) is 33.5 Å². The van der Waals surface area contributed by atoms with Gasteiger partial charge in [0.1, 0.15) is 5.78 Å². The van der Waals surface area contributed by atoms with Crippen molar-refractivity contribution in [1.29, 1.82) is 0 Å². The minimum Gasteiger partial charge on any atom is -0.299 e. The number of rotatable bonds is 0. The molecule has 0 heterocycles. The molecule has 5 atom stereocenters. The fraction of sp³-hybridized carbons (Fsp3) is 0.818. The molecule has 0 N–H and O–H groups in total. The van der Waals surface area contributed by atoms with Crippen molar-refractivity contribution in [3.63, 3.8) is 0 Å². The highest BCUT2D eigenvalue weighted by atomic mass is 16.1. The molecule has 3 fully saturated rings. The molecule has 4 rings (SSSR count). The molecule has 0 aromatic carbocycles. The summed E-state index contributed by atoms with van der Waals surface area (Å²) in [5.74, 6) is 1.93. The smallest absolute Gasteiger partial charge is 0.159 e. The SMILES string of the molecule is CC1(C)C(=O)CC[C@]2(C)[C@H]3CC=C4C(=O)CC[C@@]4(C)[C@]3(C)CC[C@@H]12. The molecule has 0 saturated heterocycles. The molecule has 0 spiro atoms. The van der Waals surface area contributed by atoms with Crippen molar-refractivity contribution in [1.82, 2.24) is 0 Å². The second-order valence-corrected chi connectivity index (χ2v) is 10.3. The van der Waals surface area contributed by atoms with Crippen LogP contribution < -0.4 is 0 Å². The fourth-order valence-corrected chi connectivity index (χ4v) is 7.65. The van der Waals surface area contributed by atoms with Gasteiger partial charge in [-0.1, -0.05) is 40.7 Å². The van der Waals surface area contributed by atoms with E-state index in [1.54, 1.807) is 0 Å². The molecule has 0 aliphatic heterocycles. The summed E-state index contributed by atoms with van der Waals surface area (Å²) in [6, 6.07) is 0. The van der Waals surface area contributed by atoms with E-state index >= 15 is 0 Å². The summed E-state index contributed by atoms with van der Waals surface area (Å²) >= 11 is 0. The molecule has 0 amide bonds. The van der Waals surface area contributed by atoms with Crippen LogP contribution in [-0.2, 0) is 9.59 Å². The third-order valence-corrected chi connectivity index (χ3v) is 9.36. The Labute approximate surface area is 146 Å². The third-order valence-electron chi connectivity index (χ3n) is 9.36. The van der Waals surface area contributed by atoms with E-state index in [0.29, 0.717) is 23.4 Å². The standard InChI is InChI=1S/C22H32O2/c1-19(2)16-9-13-22(5)17(20(16,3)11-10-18(19)24)7-6-14-15(23)8-12-21(14,22)4/h6,16-17H,7-13H2,1-5H3/t16-,17+,20-,21+,22+/m0/s1. The molecule has 0 bridgehead atoms. The Bertz CT molecular complexity index is 657. The van der Waals surface area contributed by atoms with Crippen LogP contribution in [-0.4, -0.2) is 11.6 Å². The van der Waals surface area contributed by atoms with Gasteiger partial charge in [0.2, 0.25) is 0 Å². The molecule has 132 valence electrons. The maximum Gasteiger partial charge on any atom is 0.159 e. The van der Waals surface area contributed by atoms with E-state index in [0.717, 1.165) is 50.5 Å². The summed E-state index contributed by atoms with van der Waals surface area (Å²) in [4.78, 5) is 25.0. The van der Waals surface area contributed by atoms with Crippen LogP contribution in [0.25, 0.3) is 0 Å². The summed E-state index contributed by atoms with van der Waals surface area (Å²) in [5, 5.41) is 0. The monoisotopic (exact) mass is 328 g/mol. The van der Waals surface area contributed by atoms with Crippen molar-refractivity contribution in [3.05, 3.63) is 11.6 Å². The van der Waals surface area contributed by atoms with Crippen LogP contribution in [0, 0.1) is 33.5 Å². The maximum atomic E-state index is 12.6. The molecule has 3 saturated carbocycles. The number of hydrogen-bond donors (Lipinski definition) is 0. The van der Waals surface area contributed by atoms with E-state index < -0.39 is 0 Å². The highest BCUT2D eigenvalue weighted by Gasteiger charge is 2.66. The van der Waals surface area contributed by atoms with Crippen molar-refractivity contribution in [2.45, 2.75) is 79.6 Å². The van der Waals surface area contributed by atoms with Gasteiger partial charge in [-0.05, 0) is 60.3 Å². The first kappa shape index (κ1) is 16.5. The minimum atomic E-state index is -0.190. The molecule has 24 heavy (non-hydrogen) atoms. The van der Waals surface area contributed by atoms with Crippen LogP contribution in [0.1, 0.15) is 79.6 Å². The third kappa shape index (κ3) is 1.68. The predicted molar refractivity (Wildman–Crippen MR) is 95.5 cm³/mol. The number of carbonyl (C=O) groups excluding carboxylic acids is 2. The van der Waals surface area contributed by atoms with Crippen molar-refractivity contribution in [2.75, 3.05) is 0 Å². The summed E-state index contributed by atoms with van der Waals surface area (Å²) in [5.41, 5.74) is 1.41. The zero-order chi connectivity index (χ0) is 17.5. The molecule has 2 nitrogen and oxygen atoms in total. The Morgan fingerprint density at radius 2 is 1.62 bits per heavy atom. The number of ketones is 2. The van der Waals surface area contributed by atoms with Gasteiger partial charge in [-0.3, -0.25) is 9.59 Å². The van der Waals surface area contributed by atoms with E-state index in [-0.39, 0.29) is 21.7 Å². The minimum absolute atomic E-state index is 0.0482. The summed E-state index contributed by atoms with van der Waals surface area (Å²) in [6.45, 7) is 11.7. The molecule has 4 aliphatic carbocycles. The summed E-state index contributed by atoms with van der Waals surface area (Å²) < 4.78 is 0. The van der Waals surface area contributed by atoms with Gasteiger partial charge >= 0.3 is 0 Å². The van der Waals surface area contributed by atoms with Gasteiger partial charge in [-0.2, -0.15) is 0 Å². The van der Waals surface area contributed by atoms with Gasteiger partial charge in [0.25, 0.3) is 0 Å². The van der Waals surface area contributed by atoms with E-state index in [1.807, 2.05) is 0 Å². The molecule has 2 heteroatoms. The first-order valence-corrected chi connectivity index (χ1v) is 9.84. The fourth-order valence-electron chi connectivity index (χ4n) is 7.65. The first-order chi connectivity index (χ1) is 11.1. The Morgan fingerprint density at radius 1 is 0.917 bits per heavy atom. The average Bonchev–Trinajstić information content (AvgIpc) is 2.81. The Hall–Kier alpha value is -0.920. The highest BCUT2D eigenvalue weighted by Crippen LogP contribution is 2.72. The lowest BCUT2D eigenvalue weighted by Gasteiger charge is -2.66. The molecular formula is C22H32O2. The van der Waals surface area contributed by atoms with Crippen LogP contribution in [0.5, 0.6) is 0 Å². The zero-order valence-corrected chi connectivity index (χ0v) is 16.0.